The first-order valence-electron chi connectivity index (χ1n) is 11.8. The number of anilines is 5. The molecule has 5 N–H and O–H groups in total. The number of hydrogen-bond acceptors (Lipinski definition) is 4. The van der Waals surface area contributed by atoms with Gasteiger partial charge in [0.25, 0.3) is 5.91 Å². The zero-order valence-electron chi connectivity index (χ0n) is 20.7. The van der Waals surface area contributed by atoms with Crippen molar-refractivity contribution in [3.05, 3.63) is 95.6 Å². The maximum Gasteiger partial charge on any atom is 0.416 e. The molecule has 1 aliphatic rings. The molecule has 0 bridgehead atoms. The molecule has 1 aromatic heterocycles. The molecule has 204 valence electrons. The van der Waals surface area contributed by atoms with Crippen LogP contribution in [0.15, 0.2) is 72.9 Å². The van der Waals surface area contributed by atoms with E-state index in [-0.39, 0.29) is 11.6 Å². The van der Waals surface area contributed by atoms with Crippen LogP contribution in [0, 0.1) is 5.82 Å². The van der Waals surface area contributed by atoms with Crippen molar-refractivity contribution in [2.24, 2.45) is 0 Å². The van der Waals surface area contributed by atoms with Crippen molar-refractivity contribution >= 4 is 52.0 Å². The van der Waals surface area contributed by atoms with E-state index in [2.05, 4.69) is 26.3 Å². The third-order valence-corrected chi connectivity index (χ3v) is 6.00. The van der Waals surface area contributed by atoms with E-state index in [1.54, 1.807) is 36.5 Å². The van der Waals surface area contributed by atoms with Crippen LogP contribution in [0.2, 0.25) is 0 Å². The molecule has 3 aromatic carbocycles. The van der Waals surface area contributed by atoms with Gasteiger partial charge in [-0.1, -0.05) is 6.07 Å². The lowest BCUT2D eigenvalue weighted by Crippen LogP contribution is -2.20. The molecule has 0 saturated carbocycles. The highest BCUT2D eigenvalue weighted by molar-refractivity contribution is 6.35. The van der Waals surface area contributed by atoms with Crippen LogP contribution in [0.4, 0.5) is 50.8 Å². The van der Waals surface area contributed by atoms with Crippen LogP contribution in [0.25, 0.3) is 11.6 Å². The molecule has 0 fully saturated rings. The first-order chi connectivity index (χ1) is 19.1. The Morgan fingerprint density at radius 2 is 1.75 bits per heavy atom. The lowest BCUT2D eigenvalue weighted by molar-refractivity contribution is -0.137. The van der Waals surface area contributed by atoms with Gasteiger partial charge in [0.2, 0.25) is 0 Å². The minimum atomic E-state index is -4.70. The standard InChI is InChI=1S/C28H21F4N5O3/c1-40-25-9-6-18(35-27(39)37-23-11-15(28(30,31)32)4-8-21(23)29)14-24(25)34-17-5-7-19-20(12-16-3-2-10-33-16)26(38)36-22(19)13-17/h2-14,33-34H,1H3,(H,36,38)(H2,35,37,39). The topological polar surface area (TPSA) is 107 Å². The normalized spacial score (nSPS) is 13.5. The monoisotopic (exact) mass is 551 g/mol. The molecule has 4 aromatic rings. The summed E-state index contributed by atoms with van der Waals surface area (Å²) in [6.45, 7) is 0. The maximum absolute atomic E-state index is 14.0. The van der Waals surface area contributed by atoms with Crippen molar-refractivity contribution in [1.29, 1.82) is 0 Å². The molecular formula is C28H21F4N5O3. The van der Waals surface area contributed by atoms with E-state index in [1.807, 2.05) is 12.1 Å². The van der Waals surface area contributed by atoms with E-state index < -0.39 is 29.3 Å². The van der Waals surface area contributed by atoms with Gasteiger partial charge in [0.05, 0.1) is 35.3 Å². The molecule has 0 spiro atoms. The molecule has 3 amide bonds. The predicted octanol–water partition coefficient (Wildman–Crippen LogP) is 7.06. The van der Waals surface area contributed by atoms with E-state index >= 15 is 0 Å². The van der Waals surface area contributed by atoms with Crippen molar-refractivity contribution in [3.63, 3.8) is 0 Å². The van der Waals surface area contributed by atoms with Gasteiger partial charge in [0.15, 0.2) is 0 Å². The smallest absolute Gasteiger partial charge is 0.416 e. The average Bonchev–Trinajstić information content (AvgIpc) is 3.52. The minimum Gasteiger partial charge on any atom is -0.495 e. The molecule has 40 heavy (non-hydrogen) atoms. The molecule has 2 heterocycles. The number of ether oxygens (including phenoxy) is 1. The van der Waals surface area contributed by atoms with Crippen LogP contribution in [-0.2, 0) is 11.0 Å². The number of amides is 3. The summed E-state index contributed by atoms with van der Waals surface area (Å²) in [5.41, 5.74) is 2.20. The van der Waals surface area contributed by atoms with Gasteiger partial charge >= 0.3 is 12.2 Å². The van der Waals surface area contributed by atoms with E-state index in [0.717, 1.165) is 11.3 Å². The molecule has 0 aliphatic carbocycles. The summed E-state index contributed by atoms with van der Waals surface area (Å²) in [6, 6.07) is 14.4. The molecule has 8 nitrogen and oxygen atoms in total. The van der Waals surface area contributed by atoms with E-state index in [9.17, 15) is 27.2 Å². The average molecular weight is 552 g/mol. The Morgan fingerprint density at radius 3 is 2.48 bits per heavy atom. The summed E-state index contributed by atoms with van der Waals surface area (Å²) >= 11 is 0. The van der Waals surface area contributed by atoms with Gasteiger partial charge in [-0.05, 0) is 66.7 Å². The largest absolute Gasteiger partial charge is 0.495 e. The number of fused-ring (bicyclic) bond motifs is 1. The van der Waals surface area contributed by atoms with Gasteiger partial charge in [0.1, 0.15) is 11.6 Å². The third-order valence-electron chi connectivity index (χ3n) is 6.00. The zero-order chi connectivity index (χ0) is 28.4. The number of H-pyrrole nitrogens is 1. The second kappa shape index (κ2) is 10.5. The highest BCUT2D eigenvalue weighted by Crippen LogP contribution is 2.37. The first-order valence-corrected chi connectivity index (χ1v) is 11.8. The number of halogens is 4. The molecule has 12 heteroatoms. The predicted molar refractivity (Wildman–Crippen MR) is 144 cm³/mol. The molecule has 0 atom stereocenters. The van der Waals surface area contributed by atoms with Crippen molar-refractivity contribution in [2.45, 2.75) is 6.18 Å². The Morgan fingerprint density at radius 1 is 0.950 bits per heavy atom. The van der Waals surface area contributed by atoms with Gasteiger partial charge in [-0.15, -0.1) is 0 Å². The highest BCUT2D eigenvalue weighted by Gasteiger charge is 2.31. The number of carbonyl (C=O) groups excluding carboxylic acids is 2. The van der Waals surface area contributed by atoms with Gasteiger partial charge in [-0.25, -0.2) is 9.18 Å². The van der Waals surface area contributed by atoms with Crippen molar-refractivity contribution < 1.29 is 31.9 Å². The number of benzene rings is 3. The molecule has 5 rings (SSSR count). The second-order valence-corrected chi connectivity index (χ2v) is 8.71. The number of hydrogen-bond donors (Lipinski definition) is 5. The number of nitrogens with one attached hydrogen (secondary N) is 5. The number of methoxy groups -OCH3 is 1. The lowest BCUT2D eigenvalue weighted by atomic mass is 10.1. The fourth-order valence-corrected chi connectivity index (χ4v) is 4.13. The fourth-order valence-electron chi connectivity index (χ4n) is 4.13. The van der Waals surface area contributed by atoms with E-state index in [4.69, 9.17) is 4.74 Å². The van der Waals surface area contributed by atoms with E-state index in [0.29, 0.717) is 46.6 Å². The number of alkyl halides is 3. The summed E-state index contributed by atoms with van der Waals surface area (Å²) in [7, 11) is 1.46. The minimum absolute atomic E-state index is 0.242. The van der Waals surface area contributed by atoms with Crippen LogP contribution in [0.3, 0.4) is 0 Å². The summed E-state index contributed by atoms with van der Waals surface area (Å²) in [4.78, 5) is 28.0. The Labute approximate surface area is 225 Å². The van der Waals surface area contributed by atoms with E-state index in [1.165, 1.54) is 19.2 Å². The third kappa shape index (κ3) is 5.60. The molecule has 0 unspecified atom stereocenters. The molecule has 1 aliphatic heterocycles. The Balaban J connectivity index is 1.33. The zero-order valence-corrected chi connectivity index (χ0v) is 20.7. The number of aromatic nitrogens is 1. The van der Waals surface area contributed by atoms with Crippen LogP contribution in [0.1, 0.15) is 16.8 Å². The first kappa shape index (κ1) is 26.4. The van der Waals surface area contributed by atoms with Crippen molar-refractivity contribution in [2.75, 3.05) is 28.4 Å². The van der Waals surface area contributed by atoms with Gasteiger partial charge < -0.3 is 31.0 Å². The van der Waals surface area contributed by atoms with Crippen LogP contribution < -0.4 is 26.0 Å². The van der Waals surface area contributed by atoms with Crippen LogP contribution in [0.5, 0.6) is 5.75 Å². The fraction of sp³-hybridized carbons (Fsp3) is 0.0714. The van der Waals surface area contributed by atoms with Gasteiger partial charge in [-0.2, -0.15) is 13.2 Å². The molecular weight excluding hydrogens is 530 g/mol. The van der Waals surface area contributed by atoms with Gasteiger partial charge in [-0.3, -0.25) is 4.79 Å². The van der Waals surface area contributed by atoms with Gasteiger partial charge in [0, 0.05) is 28.8 Å². The van der Waals surface area contributed by atoms with Crippen molar-refractivity contribution in [3.8, 4) is 5.75 Å². The summed E-state index contributed by atoms with van der Waals surface area (Å²) in [5, 5.41) is 10.6. The quantitative estimate of drug-likeness (QED) is 0.131. The van der Waals surface area contributed by atoms with Crippen LogP contribution in [-0.4, -0.2) is 24.0 Å². The lowest BCUT2D eigenvalue weighted by Gasteiger charge is -2.15. The number of urea groups is 1. The summed E-state index contributed by atoms with van der Waals surface area (Å²) in [5.74, 6) is -0.838. The Bertz CT molecular complexity index is 1630. The summed E-state index contributed by atoms with van der Waals surface area (Å²) in [6.07, 6.45) is -1.18. The Hall–Kier alpha value is -5.26. The maximum atomic E-state index is 14.0. The number of aromatic amines is 1. The molecule has 0 radical (unpaired) electrons. The second-order valence-electron chi connectivity index (χ2n) is 8.71. The SMILES string of the molecule is COc1ccc(NC(=O)Nc2cc(C(F)(F)F)ccc2F)cc1Nc1ccc2c(c1)NC(=O)C2=Cc1ccc[nH]1. The van der Waals surface area contributed by atoms with Crippen LogP contribution >= 0.6 is 0 Å². The summed E-state index contributed by atoms with van der Waals surface area (Å²) < 4.78 is 58.3. The number of rotatable bonds is 6. The molecule has 0 saturated heterocycles. The highest BCUT2D eigenvalue weighted by atomic mass is 19.4. The van der Waals surface area contributed by atoms with Crippen molar-refractivity contribution in [1.82, 2.24) is 4.98 Å². The Kier molecular flexibility index (Phi) is 6.91. The number of carbonyl (C=O) groups is 2.